The summed E-state index contributed by atoms with van der Waals surface area (Å²) in [6.45, 7) is 8.02. The number of rotatable bonds is 3. The molecule has 2 heterocycles. The largest absolute Gasteiger partial charge is 0.431 e. The van der Waals surface area contributed by atoms with Gasteiger partial charge in [0.05, 0.1) is 5.25 Å². The predicted molar refractivity (Wildman–Crippen MR) is 93.9 cm³/mol. The van der Waals surface area contributed by atoms with Gasteiger partial charge >= 0.3 is 0 Å². The predicted octanol–water partition coefficient (Wildman–Crippen LogP) is 4.47. The molecule has 2 aromatic rings. The molecule has 0 N–H and O–H groups in total. The highest BCUT2D eigenvalue weighted by atomic mass is 35.5. The second kappa shape index (κ2) is 6.73. The summed E-state index contributed by atoms with van der Waals surface area (Å²) in [6.07, 6.45) is 1.19. The maximum atomic E-state index is 12.7. The van der Waals surface area contributed by atoms with Gasteiger partial charge in [-0.05, 0) is 43.4 Å². The fourth-order valence-electron chi connectivity index (χ4n) is 3.23. The van der Waals surface area contributed by atoms with E-state index in [1.54, 1.807) is 18.2 Å². The van der Waals surface area contributed by atoms with E-state index in [9.17, 15) is 4.79 Å². The Hall–Kier alpha value is -1.20. The van der Waals surface area contributed by atoms with Gasteiger partial charge in [-0.25, -0.2) is 4.98 Å². The molecule has 3 unspecified atom stereocenters. The van der Waals surface area contributed by atoms with Gasteiger partial charge in [0.1, 0.15) is 5.52 Å². The first kappa shape index (κ1) is 16.7. The number of aromatic nitrogens is 1. The topological polar surface area (TPSA) is 46.3 Å². The van der Waals surface area contributed by atoms with E-state index in [2.05, 4.69) is 18.8 Å². The van der Waals surface area contributed by atoms with Gasteiger partial charge in [0.25, 0.3) is 5.22 Å². The molecule has 0 aliphatic carbocycles. The number of likely N-dealkylation sites (tertiary alicyclic amines) is 1. The first-order valence-electron chi connectivity index (χ1n) is 7.94. The summed E-state index contributed by atoms with van der Waals surface area (Å²) in [5, 5.41) is 0.931. The molecule has 0 radical (unpaired) electrons. The second-order valence-corrected chi connectivity index (χ2v) is 8.27. The number of halogens is 1. The number of hydrogen-bond acceptors (Lipinski definition) is 4. The minimum absolute atomic E-state index is 0.161. The third-order valence-electron chi connectivity index (χ3n) is 4.14. The molecule has 1 aliphatic rings. The molecule has 124 valence electrons. The van der Waals surface area contributed by atoms with Crippen LogP contribution >= 0.6 is 23.4 Å². The van der Waals surface area contributed by atoms with Crippen molar-refractivity contribution in [2.75, 3.05) is 13.1 Å². The van der Waals surface area contributed by atoms with Gasteiger partial charge in [0.15, 0.2) is 5.58 Å². The summed E-state index contributed by atoms with van der Waals surface area (Å²) in [7, 11) is 0. The van der Waals surface area contributed by atoms with Crippen molar-refractivity contribution in [3.8, 4) is 0 Å². The number of oxazole rings is 1. The number of thioether (sulfide) groups is 1. The van der Waals surface area contributed by atoms with Gasteiger partial charge in [-0.2, -0.15) is 0 Å². The summed E-state index contributed by atoms with van der Waals surface area (Å²) < 4.78 is 5.70. The Morgan fingerprint density at radius 2 is 2.09 bits per heavy atom. The van der Waals surface area contributed by atoms with Crippen molar-refractivity contribution in [3.63, 3.8) is 0 Å². The Bertz CT molecular complexity index is 708. The molecule has 23 heavy (non-hydrogen) atoms. The van der Waals surface area contributed by atoms with Gasteiger partial charge < -0.3 is 9.32 Å². The molecule has 1 aromatic carbocycles. The van der Waals surface area contributed by atoms with E-state index in [0.717, 1.165) is 18.6 Å². The van der Waals surface area contributed by atoms with E-state index in [-0.39, 0.29) is 11.2 Å². The molecule has 1 fully saturated rings. The summed E-state index contributed by atoms with van der Waals surface area (Å²) in [5.41, 5.74) is 1.41. The maximum Gasteiger partial charge on any atom is 0.257 e. The molecule has 0 bridgehead atoms. The van der Waals surface area contributed by atoms with Gasteiger partial charge in [0, 0.05) is 18.1 Å². The lowest BCUT2D eigenvalue weighted by atomic mass is 9.92. The number of hydrogen-bond donors (Lipinski definition) is 0. The highest BCUT2D eigenvalue weighted by molar-refractivity contribution is 8.00. The van der Waals surface area contributed by atoms with E-state index in [1.807, 2.05) is 11.8 Å². The lowest BCUT2D eigenvalue weighted by Gasteiger charge is -2.36. The van der Waals surface area contributed by atoms with E-state index < -0.39 is 0 Å². The number of piperidine rings is 1. The van der Waals surface area contributed by atoms with Crippen molar-refractivity contribution in [3.05, 3.63) is 23.2 Å². The highest BCUT2D eigenvalue weighted by Gasteiger charge is 2.29. The molecule has 1 aliphatic heterocycles. The van der Waals surface area contributed by atoms with Crippen LogP contribution in [-0.4, -0.2) is 34.1 Å². The van der Waals surface area contributed by atoms with Crippen LogP contribution in [0.4, 0.5) is 0 Å². The average Bonchev–Trinajstić information content (AvgIpc) is 2.86. The van der Waals surface area contributed by atoms with Crippen molar-refractivity contribution in [2.24, 2.45) is 11.8 Å². The number of benzene rings is 1. The quantitative estimate of drug-likeness (QED) is 0.765. The Morgan fingerprint density at radius 1 is 1.39 bits per heavy atom. The maximum absolute atomic E-state index is 12.7. The van der Waals surface area contributed by atoms with Crippen LogP contribution in [0.3, 0.4) is 0 Å². The van der Waals surface area contributed by atoms with E-state index >= 15 is 0 Å². The van der Waals surface area contributed by atoms with Crippen molar-refractivity contribution < 1.29 is 9.21 Å². The standard InChI is InChI=1S/C17H21ClN2O2S/c1-10-6-11(2)9-20(8-10)16(21)12(3)23-17-19-14-7-13(18)4-5-15(14)22-17/h4-5,7,10-12H,6,8-9H2,1-3H3. The number of nitrogens with zero attached hydrogens (tertiary/aromatic N) is 2. The van der Waals surface area contributed by atoms with Gasteiger partial charge in [-0.15, -0.1) is 0 Å². The zero-order valence-corrected chi connectivity index (χ0v) is 15.2. The third kappa shape index (κ3) is 3.83. The molecule has 0 spiro atoms. The molecular formula is C17H21ClN2O2S. The van der Waals surface area contributed by atoms with Gasteiger partial charge in [-0.3, -0.25) is 4.79 Å². The second-order valence-electron chi connectivity index (χ2n) is 6.54. The van der Waals surface area contributed by atoms with Gasteiger partial charge in [-0.1, -0.05) is 37.2 Å². The number of carbonyl (C=O) groups is 1. The van der Waals surface area contributed by atoms with Crippen LogP contribution in [-0.2, 0) is 4.79 Å². The minimum Gasteiger partial charge on any atom is -0.431 e. The summed E-state index contributed by atoms with van der Waals surface area (Å²) in [5.74, 6) is 1.28. The Morgan fingerprint density at radius 3 is 2.78 bits per heavy atom. The third-order valence-corrected chi connectivity index (χ3v) is 5.30. The van der Waals surface area contributed by atoms with E-state index in [1.165, 1.54) is 18.2 Å². The van der Waals surface area contributed by atoms with Crippen LogP contribution in [0.15, 0.2) is 27.8 Å². The van der Waals surface area contributed by atoms with Crippen LogP contribution in [0.2, 0.25) is 5.02 Å². The van der Waals surface area contributed by atoms with Crippen molar-refractivity contribution in [1.82, 2.24) is 9.88 Å². The van der Waals surface area contributed by atoms with Crippen LogP contribution in [0.1, 0.15) is 27.2 Å². The fraction of sp³-hybridized carbons (Fsp3) is 0.529. The molecule has 3 rings (SSSR count). The lowest BCUT2D eigenvalue weighted by Crippen LogP contribution is -2.45. The minimum atomic E-state index is -0.212. The number of carbonyl (C=O) groups excluding carboxylic acids is 1. The molecule has 0 saturated carbocycles. The van der Waals surface area contributed by atoms with Crippen molar-refractivity contribution in [1.29, 1.82) is 0 Å². The van der Waals surface area contributed by atoms with E-state index in [4.69, 9.17) is 16.0 Å². The van der Waals surface area contributed by atoms with Crippen LogP contribution in [0, 0.1) is 11.8 Å². The molecule has 1 amide bonds. The summed E-state index contributed by atoms with van der Waals surface area (Å²) >= 11 is 7.33. The molecule has 3 atom stereocenters. The zero-order valence-electron chi connectivity index (χ0n) is 13.6. The highest BCUT2D eigenvalue weighted by Crippen LogP contribution is 2.30. The van der Waals surface area contributed by atoms with E-state index in [0.29, 0.717) is 27.7 Å². The number of fused-ring (bicyclic) bond motifs is 1. The van der Waals surface area contributed by atoms with Crippen molar-refractivity contribution >= 4 is 40.4 Å². The monoisotopic (exact) mass is 352 g/mol. The molecular weight excluding hydrogens is 332 g/mol. The Kier molecular flexibility index (Phi) is 4.87. The fourth-order valence-corrected chi connectivity index (χ4v) is 4.24. The SMILES string of the molecule is CC1CC(C)CN(C(=O)C(C)Sc2nc3cc(Cl)ccc3o2)C1. The first-order chi connectivity index (χ1) is 10.9. The Balaban J connectivity index is 1.69. The normalized spacial score (nSPS) is 23.2. The van der Waals surface area contributed by atoms with Crippen molar-refractivity contribution in [2.45, 2.75) is 37.7 Å². The smallest absolute Gasteiger partial charge is 0.257 e. The number of amides is 1. The lowest BCUT2D eigenvalue weighted by molar-refractivity contribution is -0.132. The first-order valence-corrected chi connectivity index (χ1v) is 9.19. The molecule has 6 heteroatoms. The van der Waals surface area contributed by atoms with Gasteiger partial charge in [0.2, 0.25) is 5.91 Å². The summed E-state index contributed by atoms with van der Waals surface area (Å²) in [4.78, 5) is 19.1. The molecule has 4 nitrogen and oxygen atoms in total. The average molecular weight is 353 g/mol. The summed E-state index contributed by atoms with van der Waals surface area (Å²) in [6, 6.07) is 5.34. The van der Waals surface area contributed by atoms with Crippen LogP contribution in [0.5, 0.6) is 0 Å². The van der Waals surface area contributed by atoms with Crippen LogP contribution in [0.25, 0.3) is 11.1 Å². The van der Waals surface area contributed by atoms with Crippen LogP contribution < -0.4 is 0 Å². The molecule has 1 saturated heterocycles. The Labute approximate surface area is 145 Å². The molecule has 1 aromatic heterocycles. The zero-order chi connectivity index (χ0) is 16.6.